The minimum atomic E-state index is -4.59. The van der Waals surface area contributed by atoms with Gasteiger partial charge < -0.3 is 0 Å². The highest BCUT2D eigenvalue weighted by Crippen LogP contribution is 2.35. The van der Waals surface area contributed by atoms with Crippen LogP contribution >= 0.6 is 0 Å². The Morgan fingerprint density at radius 1 is 1.06 bits per heavy atom. The maximum absolute atomic E-state index is 12.5. The molecule has 1 aromatic carbocycles. The molecule has 0 heterocycles. The van der Waals surface area contributed by atoms with Crippen LogP contribution in [0.1, 0.15) is 49.3 Å². The van der Waals surface area contributed by atoms with Gasteiger partial charge in [0.05, 0.1) is 5.56 Å². The zero-order chi connectivity index (χ0) is 13.2. The minimum Gasteiger partial charge on any atom is -0.205 e. The van der Waals surface area contributed by atoms with E-state index in [0.717, 1.165) is 12.1 Å². The molecule has 1 aromatic rings. The molecule has 0 aliphatic rings. The highest BCUT2D eigenvalue weighted by atomic mass is 19.4. The summed E-state index contributed by atoms with van der Waals surface area (Å²) in [7, 11) is 0. The standard InChI is InChI=1S/C12H13F5/c1-3-7(2)8-4-9(11(13)14)6-10(5-8)12(15,16)17/h4-7,11H,3H2,1-2H3/t7-/m0/s1. The quantitative estimate of drug-likeness (QED) is 0.652. The first-order valence-corrected chi connectivity index (χ1v) is 5.26. The Labute approximate surface area is 96.4 Å². The predicted molar refractivity (Wildman–Crippen MR) is 55.1 cm³/mol. The van der Waals surface area contributed by atoms with Crippen molar-refractivity contribution >= 4 is 0 Å². The van der Waals surface area contributed by atoms with Crippen molar-refractivity contribution in [3.05, 3.63) is 34.9 Å². The fourth-order valence-corrected chi connectivity index (χ4v) is 1.49. The fourth-order valence-electron chi connectivity index (χ4n) is 1.49. The van der Waals surface area contributed by atoms with Gasteiger partial charge in [-0.25, -0.2) is 8.78 Å². The zero-order valence-electron chi connectivity index (χ0n) is 9.48. The summed E-state index contributed by atoms with van der Waals surface area (Å²) in [6.07, 6.45) is -6.88. The van der Waals surface area contributed by atoms with E-state index in [-0.39, 0.29) is 5.92 Å². The highest BCUT2D eigenvalue weighted by Gasteiger charge is 2.32. The van der Waals surface area contributed by atoms with Crippen LogP contribution in [0.25, 0.3) is 0 Å². The Balaban J connectivity index is 3.29. The van der Waals surface area contributed by atoms with E-state index in [2.05, 4.69) is 0 Å². The molecule has 0 aliphatic carbocycles. The van der Waals surface area contributed by atoms with Crippen LogP contribution in [0.15, 0.2) is 18.2 Å². The normalized spacial score (nSPS) is 14.1. The van der Waals surface area contributed by atoms with Gasteiger partial charge in [-0.3, -0.25) is 0 Å². The van der Waals surface area contributed by atoms with Gasteiger partial charge >= 0.3 is 6.18 Å². The van der Waals surface area contributed by atoms with E-state index in [9.17, 15) is 22.0 Å². The van der Waals surface area contributed by atoms with Crippen LogP contribution in [0, 0.1) is 0 Å². The van der Waals surface area contributed by atoms with Crippen LogP contribution in [-0.4, -0.2) is 0 Å². The number of hydrogen-bond acceptors (Lipinski definition) is 0. The molecule has 0 nitrogen and oxygen atoms in total. The number of rotatable bonds is 3. The van der Waals surface area contributed by atoms with Crippen molar-refractivity contribution in [2.75, 3.05) is 0 Å². The summed E-state index contributed by atoms with van der Waals surface area (Å²) >= 11 is 0. The first-order chi connectivity index (χ1) is 7.75. The second kappa shape index (κ2) is 5.02. The zero-order valence-corrected chi connectivity index (χ0v) is 9.48. The predicted octanol–water partition coefficient (Wildman–Crippen LogP) is 5.16. The molecular formula is C12H13F5. The second-order valence-corrected chi connectivity index (χ2v) is 4.00. The molecule has 0 amide bonds. The van der Waals surface area contributed by atoms with Crippen LogP contribution in [0.2, 0.25) is 0 Å². The Morgan fingerprint density at radius 3 is 2.00 bits per heavy atom. The molecule has 5 heteroatoms. The lowest BCUT2D eigenvalue weighted by atomic mass is 9.94. The first-order valence-electron chi connectivity index (χ1n) is 5.26. The van der Waals surface area contributed by atoms with Gasteiger partial charge in [-0.2, -0.15) is 13.2 Å². The summed E-state index contributed by atoms with van der Waals surface area (Å²) in [5.74, 6) is -0.171. The molecule has 0 unspecified atom stereocenters. The van der Waals surface area contributed by atoms with E-state index in [1.807, 2.05) is 0 Å². The van der Waals surface area contributed by atoms with E-state index < -0.39 is 23.7 Å². The number of benzene rings is 1. The van der Waals surface area contributed by atoms with Crippen LogP contribution in [0.5, 0.6) is 0 Å². The third-order valence-corrected chi connectivity index (χ3v) is 2.74. The van der Waals surface area contributed by atoms with Crippen molar-refractivity contribution in [2.24, 2.45) is 0 Å². The second-order valence-electron chi connectivity index (χ2n) is 4.00. The van der Waals surface area contributed by atoms with Gasteiger partial charge in [0.2, 0.25) is 0 Å². The van der Waals surface area contributed by atoms with E-state index in [1.165, 1.54) is 0 Å². The van der Waals surface area contributed by atoms with Crippen LogP contribution in [0.3, 0.4) is 0 Å². The smallest absolute Gasteiger partial charge is 0.205 e. The monoisotopic (exact) mass is 252 g/mol. The Morgan fingerprint density at radius 2 is 1.59 bits per heavy atom. The Hall–Kier alpha value is -1.13. The maximum Gasteiger partial charge on any atom is 0.416 e. The molecule has 0 saturated carbocycles. The van der Waals surface area contributed by atoms with Crippen LogP contribution in [0.4, 0.5) is 22.0 Å². The van der Waals surface area contributed by atoms with Gasteiger partial charge in [-0.05, 0) is 36.1 Å². The lowest BCUT2D eigenvalue weighted by molar-refractivity contribution is -0.137. The number of hydrogen-bond donors (Lipinski definition) is 0. The summed E-state index contributed by atoms with van der Waals surface area (Å²) in [4.78, 5) is 0. The van der Waals surface area contributed by atoms with E-state index >= 15 is 0 Å². The maximum atomic E-state index is 12.5. The Bertz CT molecular complexity index is 381. The molecule has 0 saturated heterocycles. The Kier molecular flexibility index (Phi) is 4.11. The van der Waals surface area contributed by atoms with Crippen molar-refractivity contribution in [2.45, 2.75) is 38.8 Å². The van der Waals surface area contributed by atoms with Crippen molar-refractivity contribution < 1.29 is 22.0 Å². The molecule has 0 aliphatic heterocycles. The number of halogens is 5. The van der Waals surface area contributed by atoms with Crippen LogP contribution < -0.4 is 0 Å². The molecule has 0 spiro atoms. The van der Waals surface area contributed by atoms with E-state index in [1.54, 1.807) is 13.8 Å². The summed E-state index contributed by atoms with van der Waals surface area (Å²) in [6.45, 7) is 3.51. The summed E-state index contributed by atoms with van der Waals surface area (Å²) < 4.78 is 62.6. The van der Waals surface area contributed by atoms with Crippen molar-refractivity contribution in [3.63, 3.8) is 0 Å². The topological polar surface area (TPSA) is 0 Å². The van der Waals surface area contributed by atoms with Gasteiger partial charge in [0.15, 0.2) is 0 Å². The summed E-state index contributed by atoms with van der Waals surface area (Å²) in [6, 6.07) is 2.60. The van der Waals surface area contributed by atoms with Gasteiger partial charge in [-0.1, -0.05) is 13.8 Å². The van der Waals surface area contributed by atoms with Crippen molar-refractivity contribution in [1.29, 1.82) is 0 Å². The first kappa shape index (κ1) is 13.9. The van der Waals surface area contributed by atoms with Gasteiger partial charge in [0.1, 0.15) is 0 Å². The molecule has 1 rings (SSSR count). The average molecular weight is 252 g/mol. The third kappa shape index (κ3) is 3.41. The average Bonchev–Trinajstić information content (AvgIpc) is 2.26. The molecule has 96 valence electrons. The summed E-state index contributed by atoms with van der Waals surface area (Å²) in [5, 5.41) is 0. The van der Waals surface area contributed by atoms with Gasteiger partial charge in [-0.15, -0.1) is 0 Å². The van der Waals surface area contributed by atoms with E-state index in [0.29, 0.717) is 18.1 Å². The van der Waals surface area contributed by atoms with Crippen molar-refractivity contribution in [3.8, 4) is 0 Å². The fraction of sp³-hybridized carbons (Fsp3) is 0.500. The molecule has 0 bridgehead atoms. The minimum absolute atomic E-state index is 0.171. The molecule has 0 N–H and O–H groups in total. The van der Waals surface area contributed by atoms with E-state index in [4.69, 9.17) is 0 Å². The molecule has 0 aromatic heterocycles. The molecular weight excluding hydrogens is 239 g/mol. The molecule has 0 fully saturated rings. The number of alkyl halides is 5. The summed E-state index contributed by atoms with van der Waals surface area (Å²) in [5.41, 5.74) is -1.28. The third-order valence-electron chi connectivity index (χ3n) is 2.74. The SMILES string of the molecule is CC[C@H](C)c1cc(C(F)F)cc(C(F)(F)F)c1. The molecule has 0 radical (unpaired) electrons. The molecule has 17 heavy (non-hydrogen) atoms. The van der Waals surface area contributed by atoms with Gasteiger partial charge in [0.25, 0.3) is 6.43 Å². The highest BCUT2D eigenvalue weighted by molar-refractivity contribution is 5.34. The largest absolute Gasteiger partial charge is 0.416 e. The van der Waals surface area contributed by atoms with Gasteiger partial charge in [0, 0.05) is 5.56 Å². The lowest BCUT2D eigenvalue weighted by Gasteiger charge is -2.15. The lowest BCUT2D eigenvalue weighted by Crippen LogP contribution is -2.08. The van der Waals surface area contributed by atoms with Crippen LogP contribution in [-0.2, 0) is 6.18 Å². The van der Waals surface area contributed by atoms with Crippen molar-refractivity contribution in [1.82, 2.24) is 0 Å². The molecule has 1 atom stereocenters.